The summed E-state index contributed by atoms with van der Waals surface area (Å²) in [6.07, 6.45) is 1.29. The van der Waals surface area contributed by atoms with Gasteiger partial charge in [0.05, 0.1) is 0 Å². The van der Waals surface area contributed by atoms with E-state index in [1.54, 1.807) is 6.07 Å². The molecule has 1 aromatic carbocycles. The molecule has 0 spiro atoms. The summed E-state index contributed by atoms with van der Waals surface area (Å²) in [6.45, 7) is 4.87. The summed E-state index contributed by atoms with van der Waals surface area (Å²) in [6, 6.07) is 7.35. The van der Waals surface area contributed by atoms with Gasteiger partial charge >= 0.3 is 11.9 Å². The number of cyclic esters (lactones) is 2. The van der Waals surface area contributed by atoms with Gasteiger partial charge in [-0.3, -0.25) is 0 Å². The van der Waals surface area contributed by atoms with Crippen LogP contribution in [0.1, 0.15) is 19.6 Å². The molecular weight excluding hydrogens is 286 g/mol. The maximum atomic E-state index is 11.8. The van der Waals surface area contributed by atoms with Gasteiger partial charge in [-0.25, -0.2) is 9.59 Å². The maximum Gasteiger partial charge on any atom is 0.350 e. The fourth-order valence-corrected chi connectivity index (χ4v) is 2.20. The number of carbonyl (C=O) groups excluding carboxylic acids is 2. The fraction of sp³-hybridized carbons (Fsp3) is 0.250. The number of hydrogen-bond acceptors (Lipinski definition) is 6. The van der Waals surface area contributed by atoms with Gasteiger partial charge in [0, 0.05) is 31.1 Å². The summed E-state index contributed by atoms with van der Waals surface area (Å²) in [5.41, 5.74) is 1.31. The first kappa shape index (κ1) is 14.2. The third kappa shape index (κ3) is 2.67. The van der Waals surface area contributed by atoms with E-state index in [1.807, 2.05) is 25.1 Å². The van der Waals surface area contributed by atoms with Crippen molar-refractivity contribution in [3.05, 3.63) is 41.8 Å². The van der Waals surface area contributed by atoms with Crippen LogP contribution in [0.25, 0.3) is 11.0 Å². The van der Waals surface area contributed by atoms with Crippen molar-refractivity contribution in [3.8, 4) is 0 Å². The van der Waals surface area contributed by atoms with E-state index >= 15 is 0 Å². The van der Waals surface area contributed by atoms with Crippen LogP contribution in [0.2, 0.25) is 0 Å². The maximum absolute atomic E-state index is 11.8. The molecule has 1 aliphatic heterocycles. The van der Waals surface area contributed by atoms with E-state index in [9.17, 15) is 9.59 Å². The van der Waals surface area contributed by atoms with Gasteiger partial charge < -0.3 is 19.2 Å². The number of fused-ring (bicyclic) bond motifs is 1. The first-order chi connectivity index (χ1) is 10.3. The molecule has 22 heavy (non-hydrogen) atoms. The number of nitrogens with one attached hydrogen (secondary N) is 1. The molecule has 0 bridgehead atoms. The summed E-state index contributed by atoms with van der Waals surface area (Å²) >= 11 is 0. The zero-order chi connectivity index (χ0) is 15.9. The molecule has 0 radical (unpaired) electrons. The zero-order valence-electron chi connectivity index (χ0n) is 12.4. The number of anilines is 1. The van der Waals surface area contributed by atoms with Crippen molar-refractivity contribution in [2.24, 2.45) is 0 Å². The second-order valence-corrected chi connectivity index (χ2v) is 5.49. The molecule has 0 saturated carbocycles. The smallest absolute Gasteiger partial charge is 0.350 e. The number of carbonyl (C=O) groups is 2. The van der Waals surface area contributed by atoms with E-state index in [1.165, 1.54) is 20.0 Å². The predicted octanol–water partition coefficient (Wildman–Crippen LogP) is 2.87. The Hall–Kier alpha value is -2.76. The molecule has 2 aromatic rings. The molecule has 0 aliphatic carbocycles. The molecule has 114 valence electrons. The monoisotopic (exact) mass is 301 g/mol. The third-order valence-electron chi connectivity index (χ3n) is 3.14. The van der Waals surface area contributed by atoms with Crippen molar-refractivity contribution >= 4 is 28.6 Å². The van der Waals surface area contributed by atoms with Crippen LogP contribution in [0.15, 0.2) is 40.5 Å². The molecule has 1 saturated heterocycles. The number of benzene rings is 1. The van der Waals surface area contributed by atoms with E-state index in [0.717, 1.165) is 16.7 Å². The lowest BCUT2D eigenvalue weighted by Crippen LogP contribution is -2.42. The van der Waals surface area contributed by atoms with E-state index in [4.69, 9.17) is 13.9 Å². The Labute approximate surface area is 126 Å². The van der Waals surface area contributed by atoms with Gasteiger partial charge in [0.25, 0.3) is 5.79 Å². The van der Waals surface area contributed by atoms with Crippen molar-refractivity contribution in [2.75, 3.05) is 5.32 Å². The normalized spacial score (nSPS) is 17.1. The highest BCUT2D eigenvalue weighted by Crippen LogP contribution is 2.25. The third-order valence-corrected chi connectivity index (χ3v) is 3.14. The minimum absolute atomic E-state index is 0.178. The SMILES string of the molecule is Cc1cc2cc(NC=C3C(=O)OC(C)(C)OC3=O)ccc2o1. The van der Waals surface area contributed by atoms with Crippen LogP contribution in [0.4, 0.5) is 5.69 Å². The lowest BCUT2D eigenvalue weighted by molar-refractivity contribution is -0.222. The number of esters is 2. The molecule has 0 amide bonds. The minimum atomic E-state index is -1.24. The molecule has 1 aliphatic rings. The average Bonchev–Trinajstić information content (AvgIpc) is 2.75. The fourth-order valence-electron chi connectivity index (χ4n) is 2.20. The predicted molar refractivity (Wildman–Crippen MR) is 78.9 cm³/mol. The molecule has 6 heteroatoms. The first-order valence-electron chi connectivity index (χ1n) is 6.78. The zero-order valence-corrected chi connectivity index (χ0v) is 12.4. The molecule has 1 N–H and O–H groups in total. The molecule has 6 nitrogen and oxygen atoms in total. The van der Waals surface area contributed by atoms with Crippen LogP contribution in [0, 0.1) is 6.92 Å². The quantitative estimate of drug-likeness (QED) is 0.522. The second kappa shape index (κ2) is 4.91. The van der Waals surface area contributed by atoms with E-state index in [-0.39, 0.29) is 5.57 Å². The topological polar surface area (TPSA) is 77.8 Å². The van der Waals surface area contributed by atoms with E-state index in [2.05, 4.69) is 5.32 Å². The van der Waals surface area contributed by atoms with Crippen LogP contribution in [-0.4, -0.2) is 17.7 Å². The standard InChI is InChI=1S/C16H15NO5/c1-9-6-10-7-11(4-5-13(10)20-9)17-8-12-14(18)21-16(2,3)22-15(12)19/h4-8,17H,1-3H3. The number of furan rings is 1. The van der Waals surface area contributed by atoms with Crippen LogP contribution in [0.3, 0.4) is 0 Å². The molecule has 0 unspecified atom stereocenters. The summed E-state index contributed by atoms with van der Waals surface area (Å²) in [5.74, 6) is -1.85. The van der Waals surface area contributed by atoms with Gasteiger partial charge in [-0.1, -0.05) is 0 Å². The molecule has 2 heterocycles. The Morgan fingerprint density at radius 2 is 1.77 bits per heavy atom. The highest BCUT2D eigenvalue weighted by Gasteiger charge is 2.38. The van der Waals surface area contributed by atoms with Crippen LogP contribution < -0.4 is 5.32 Å². The first-order valence-corrected chi connectivity index (χ1v) is 6.78. The average molecular weight is 301 g/mol. The van der Waals surface area contributed by atoms with Gasteiger partial charge in [-0.05, 0) is 31.2 Å². The Kier molecular flexibility index (Phi) is 3.16. The Morgan fingerprint density at radius 3 is 2.45 bits per heavy atom. The molecule has 3 rings (SSSR count). The minimum Gasteiger partial charge on any atom is -0.461 e. The summed E-state index contributed by atoms with van der Waals surface area (Å²) < 4.78 is 15.5. The van der Waals surface area contributed by atoms with Gasteiger partial charge in [0.2, 0.25) is 0 Å². The van der Waals surface area contributed by atoms with Crippen molar-refractivity contribution < 1.29 is 23.5 Å². The van der Waals surface area contributed by atoms with Crippen LogP contribution in [-0.2, 0) is 19.1 Å². The second-order valence-electron chi connectivity index (χ2n) is 5.49. The van der Waals surface area contributed by atoms with Gasteiger partial charge in [-0.2, -0.15) is 0 Å². The summed E-state index contributed by atoms with van der Waals surface area (Å²) in [7, 11) is 0. The van der Waals surface area contributed by atoms with E-state index in [0.29, 0.717) is 5.69 Å². The van der Waals surface area contributed by atoms with Crippen molar-refractivity contribution in [3.63, 3.8) is 0 Å². The molecular formula is C16H15NO5. The van der Waals surface area contributed by atoms with Gasteiger partial charge in [-0.15, -0.1) is 0 Å². The lowest BCUT2D eigenvalue weighted by atomic mass is 10.2. The highest BCUT2D eigenvalue weighted by atomic mass is 16.7. The summed E-state index contributed by atoms with van der Waals surface area (Å²) in [4.78, 5) is 23.6. The van der Waals surface area contributed by atoms with Crippen molar-refractivity contribution in [2.45, 2.75) is 26.6 Å². The Bertz CT molecular complexity index is 778. The van der Waals surface area contributed by atoms with E-state index < -0.39 is 17.7 Å². The highest BCUT2D eigenvalue weighted by molar-refractivity contribution is 6.15. The molecule has 0 atom stereocenters. The van der Waals surface area contributed by atoms with Crippen LogP contribution in [0.5, 0.6) is 0 Å². The van der Waals surface area contributed by atoms with Gasteiger partial charge in [0.1, 0.15) is 11.3 Å². The van der Waals surface area contributed by atoms with Crippen molar-refractivity contribution in [1.29, 1.82) is 0 Å². The summed E-state index contributed by atoms with van der Waals surface area (Å²) in [5, 5.41) is 3.83. The van der Waals surface area contributed by atoms with Crippen LogP contribution >= 0.6 is 0 Å². The van der Waals surface area contributed by atoms with Crippen molar-refractivity contribution in [1.82, 2.24) is 0 Å². The largest absolute Gasteiger partial charge is 0.461 e. The number of aryl methyl sites for hydroxylation is 1. The van der Waals surface area contributed by atoms with Gasteiger partial charge in [0.15, 0.2) is 5.57 Å². The molecule has 1 aromatic heterocycles. The Balaban J connectivity index is 1.82. The number of hydrogen-bond donors (Lipinski definition) is 1. The lowest BCUT2D eigenvalue weighted by Gasteiger charge is -2.29. The number of rotatable bonds is 2. The molecule has 1 fully saturated rings. The number of ether oxygens (including phenoxy) is 2. The Morgan fingerprint density at radius 1 is 1.09 bits per heavy atom.